The summed E-state index contributed by atoms with van der Waals surface area (Å²) in [6, 6.07) is 2.44. The van der Waals surface area contributed by atoms with Gasteiger partial charge in [0, 0.05) is 11.6 Å². The molecule has 1 fully saturated rings. The monoisotopic (exact) mass is 348 g/mol. The van der Waals surface area contributed by atoms with E-state index in [2.05, 4.69) is 18.1 Å². The highest BCUT2D eigenvalue weighted by atomic mass is 35.5. The van der Waals surface area contributed by atoms with Crippen molar-refractivity contribution in [2.45, 2.75) is 32.1 Å². The summed E-state index contributed by atoms with van der Waals surface area (Å²) in [6.45, 7) is 0.616. The van der Waals surface area contributed by atoms with Gasteiger partial charge in [-0.15, -0.1) is 0 Å². The van der Waals surface area contributed by atoms with Gasteiger partial charge in [0.1, 0.15) is 5.69 Å². The normalized spacial score (nSPS) is 15.8. The number of aromatic hydroxyl groups is 1. The van der Waals surface area contributed by atoms with Crippen LogP contribution in [0.25, 0.3) is 0 Å². The molecule has 7 heteroatoms. The lowest BCUT2D eigenvalue weighted by Gasteiger charge is -2.24. The summed E-state index contributed by atoms with van der Waals surface area (Å²) in [5, 5.41) is 13.1. The zero-order valence-corrected chi connectivity index (χ0v) is 13.9. The molecule has 2 amide bonds. The molecular weight excluding hydrogens is 331 g/mol. The third-order valence-corrected chi connectivity index (χ3v) is 4.60. The first-order valence-electron chi connectivity index (χ1n) is 6.94. The fourth-order valence-corrected chi connectivity index (χ4v) is 3.23. The molecule has 2 rings (SSSR count). The molecule has 1 aliphatic rings. The van der Waals surface area contributed by atoms with Crippen molar-refractivity contribution in [3.05, 3.63) is 22.2 Å². The van der Waals surface area contributed by atoms with Gasteiger partial charge in [0.25, 0.3) is 0 Å². The van der Waals surface area contributed by atoms with E-state index < -0.39 is 6.03 Å². The standard InChI is InChI=1S/C14H18Cl2N2O2S/c15-10-6-11(16)13(19)12(7-10)18(21)14(20)17-8-9-4-2-1-3-5-9/h6-7,9,19,21H,1-5,8H2,(H,17,20). The molecule has 116 valence electrons. The SMILES string of the molecule is O=C(NCC1CCCCC1)N(S)c1cc(Cl)cc(Cl)c1O. The molecular formula is C14H18Cl2N2O2S. The zero-order chi connectivity index (χ0) is 15.4. The number of hydrogen-bond acceptors (Lipinski definition) is 3. The van der Waals surface area contributed by atoms with Crippen LogP contribution < -0.4 is 9.62 Å². The maximum Gasteiger partial charge on any atom is 0.332 e. The van der Waals surface area contributed by atoms with E-state index in [4.69, 9.17) is 23.2 Å². The van der Waals surface area contributed by atoms with E-state index in [1.807, 2.05) is 0 Å². The van der Waals surface area contributed by atoms with Crippen LogP contribution in [0.5, 0.6) is 5.75 Å². The number of carbonyl (C=O) groups excluding carboxylic acids is 1. The van der Waals surface area contributed by atoms with Crippen molar-refractivity contribution in [2.24, 2.45) is 5.92 Å². The van der Waals surface area contributed by atoms with E-state index in [0.29, 0.717) is 17.5 Å². The second kappa shape index (κ2) is 7.47. The van der Waals surface area contributed by atoms with Crippen molar-refractivity contribution in [3.63, 3.8) is 0 Å². The molecule has 1 saturated carbocycles. The molecule has 2 N–H and O–H groups in total. The van der Waals surface area contributed by atoms with Crippen molar-refractivity contribution < 1.29 is 9.90 Å². The Morgan fingerprint density at radius 2 is 2.00 bits per heavy atom. The molecule has 1 aliphatic carbocycles. The number of nitrogens with one attached hydrogen (secondary N) is 1. The number of phenolic OH excluding ortho intramolecular Hbond substituents is 1. The van der Waals surface area contributed by atoms with Gasteiger partial charge in [0.15, 0.2) is 5.75 Å². The summed E-state index contributed by atoms with van der Waals surface area (Å²) < 4.78 is 1.02. The van der Waals surface area contributed by atoms with Crippen LogP contribution >= 0.6 is 36.0 Å². The van der Waals surface area contributed by atoms with Gasteiger partial charge in [-0.05, 0) is 30.9 Å². The smallest absolute Gasteiger partial charge is 0.332 e. The first-order chi connectivity index (χ1) is 9.99. The van der Waals surface area contributed by atoms with Crippen LogP contribution in [0.15, 0.2) is 12.1 Å². The minimum absolute atomic E-state index is 0.0802. The van der Waals surface area contributed by atoms with E-state index >= 15 is 0 Å². The minimum Gasteiger partial charge on any atom is -0.504 e. The van der Waals surface area contributed by atoms with Gasteiger partial charge >= 0.3 is 6.03 Å². The van der Waals surface area contributed by atoms with E-state index in [1.54, 1.807) is 0 Å². The topological polar surface area (TPSA) is 52.6 Å². The molecule has 0 unspecified atom stereocenters. The highest BCUT2D eigenvalue weighted by molar-refractivity contribution is 7.82. The molecule has 0 saturated heterocycles. The minimum atomic E-state index is -0.405. The molecule has 0 atom stereocenters. The largest absolute Gasteiger partial charge is 0.504 e. The highest BCUT2D eigenvalue weighted by Crippen LogP contribution is 2.38. The van der Waals surface area contributed by atoms with Crippen LogP contribution in [-0.2, 0) is 0 Å². The molecule has 0 spiro atoms. The number of urea groups is 1. The Morgan fingerprint density at radius 3 is 2.67 bits per heavy atom. The molecule has 0 heterocycles. The maximum atomic E-state index is 12.1. The Morgan fingerprint density at radius 1 is 1.33 bits per heavy atom. The third-order valence-electron chi connectivity index (χ3n) is 3.70. The highest BCUT2D eigenvalue weighted by Gasteiger charge is 2.20. The number of halogens is 2. The maximum absolute atomic E-state index is 12.1. The third kappa shape index (κ3) is 4.34. The van der Waals surface area contributed by atoms with E-state index in [1.165, 1.54) is 31.4 Å². The number of hydrogen-bond donors (Lipinski definition) is 3. The summed E-state index contributed by atoms with van der Waals surface area (Å²) in [6.07, 6.45) is 5.99. The summed E-state index contributed by atoms with van der Waals surface area (Å²) in [5.41, 5.74) is 0.164. The molecule has 0 aliphatic heterocycles. The number of amides is 2. The summed E-state index contributed by atoms with van der Waals surface area (Å²) in [5.74, 6) is 0.296. The molecule has 1 aromatic carbocycles. The summed E-state index contributed by atoms with van der Waals surface area (Å²) in [4.78, 5) is 12.1. The number of benzene rings is 1. The molecule has 4 nitrogen and oxygen atoms in total. The zero-order valence-electron chi connectivity index (χ0n) is 11.5. The number of carbonyl (C=O) groups is 1. The predicted molar refractivity (Wildman–Crippen MR) is 89.6 cm³/mol. The van der Waals surface area contributed by atoms with Crippen LogP contribution in [0.3, 0.4) is 0 Å². The van der Waals surface area contributed by atoms with E-state index in [0.717, 1.165) is 17.1 Å². The summed E-state index contributed by atoms with van der Waals surface area (Å²) in [7, 11) is 0. The first-order valence-corrected chi connectivity index (χ1v) is 8.09. The van der Waals surface area contributed by atoms with Crippen molar-refractivity contribution in [3.8, 4) is 5.75 Å². The van der Waals surface area contributed by atoms with E-state index in [9.17, 15) is 9.90 Å². The van der Waals surface area contributed by atoms with Crippen LogP contribution in [0.4, 0.5) is 10.5 Å². The van der Waals surface area contributed by atoms with Crippen molar-refractivity contribution >= 4 is 47.7 Å². The van der Waals surface area contributed by atoms with E-state index in [-0.39, 0.29) is 16.5 Å². The average molecular weight is 349 g/mol. The number of phenols is 1. The van der Waals surface area contributed by atoms with Gasteiger partial charge in [-0.3, -0.25) is 0 Å². The van der Waals surface area contributed by atoms with Crippen LogP contribution in [0.2, 0.25) is 10.0 Å². The number of rotatable bonds is 3. The predicted octanol–water partition coefficient (Wildman–Crippen LogP) is 4.64. The molecule has 21 heavy (non-hydrogen) atoms. The van der Waals surface area contributed by atoms with Crippen molar-refractivity contribution in [1.82, 2.24) is 5.32 Å². The van der Waals surface area contributed by atoms with Crippen LogP contribution in [0, 0.1) is 5.92 Å². The first kappa shape index (κ1) is 16.6. The lowest BCUT2D eigenvalue weighted by atomic mass is 9.89. The Labute approximate surface area is 140 Å². The molecule has 0 bridgehead atoms. The fourth-order valence-electron chi connectivity index (χ4n) is 2.52. The Balaban J connectivity index is 1.98. The Bertz CT molecular complexity index is 522. The number of nitrogens with zero attached hydrogens (tertiary/aromatic N) is 1. The lowest BCUT2D eigenvalue weighted by molar-refractivity contribution is 0.245. The molecule has 0 radical (unpaired) electrons. The van der Waals surface area contributed by atoms with Crippen LogP contribution in [0.1, 0.15) is 32.1 Å². The second-order valence-corrected chi connectivity index (χ2v) is 6.50. The fraction of sp³-hybridized carbons (Fsp3) is 0.500. The van der Waals surface area contributed by atoms with Gasteiger partial charge in [-0.25, -0.2) is 9.10 Å². The van der Waals surface area contributed by atoms with Crippen molar-refractivity contribution in [1.29, 1.82) is 0 Å². The molecule has 1 aromatic rings. The van der Waals surface area contributed by atoms with Gasteiger partial charge in [-0.1, -0.05) is 55.3 Å². The van der Waals surface area contributed by atoms with Gasteiger partial charge in [0.05, 0.1) is 5.02 Å². The van der Waals surface area contributed by atoms with Gasteiger partial charge < -0.3 is 10.4 Å². The molecule has 0 aromatic heterocycles. The second-order valence-electron chi connectivity index (χ2n) is 5.26. The lowest BCUT2D eigenvalue weighted by Crippen LogP contribution is -2.37. The number of thiol groups is 1. The van der Waals surface area contributed by atoms with Gasteiger partial charge in [0.2, 0.25) is 0 Å². The van der Waals surface area contributed by atoms with Gasteiger partial charge in [-0.2, -0.15) is 0 Å². The Kier molecular flexibility index (Phi) is 5.90. The average Bonchev–Trinajstić information content (AvgIpc) is 2.48. The quantitative estimate of drug-likeness (QED) is 0.697. The number of anilines is 1. The summed E-state index contributed by atoms with van der Waals surface area (Å²) >= 11 is 15.8. The van der Waals surface area contributed by atoms with Crippen LogP contribution in [-0.4, -0.2) is 17.7 Å². The van der Waals surface area contributed by atoms with Crippen molar-refractivity contribution in [2.75, 3.05) is 10.8 Å². The Hall–Kier alpha value is -0.780.